The lowest BCUT2D eigenvalue weighted by Gasteiger charge is -2.32. The van der Waals surface area contributed by atoms with Crippen LogP contribution in [0.2, 0.25) is 0 Å². The summed E-state index contributed by atoms with van der Waals surface area (Å²) in [6.45, 7) is 2.78. The Bertz CT molecular complexity index is 642. The number of anilines is 2. The fourth-order valence-corrected chi connectivity index (χ4v) is 2.74. The van der Waals surface area contributed by atoms with Crippen LogP contribution in [0, 0.1) is 0 Å². The predicted octanol–water partition coefficient (Wildman–Crippen LogP) is 2.58. The highest BCUT2D eigenvalue weighted by Gasteiger charge is 2.20. The number of hydrogen-bond acceptors (Lipinski definition) is 3. The smallest absolute Gasteiger partial charge is 0.242 e. The van der Waals surface area contributed by atoms with E-state index in [9.17, 15) is 4.79 Å². The molecular weight excluding hydrogens is 274 g/mol. The fourth-order valence-electron chi connectivity index (χ4n) is 2.74. The lowest BCUT2D eigenvalue weighted by molar-refractivity contribution is -0.128. The molecule has 0 saturated carbocycles. The molecule has 2 aromatic carbocycles. The molecule has 22 heavy (non-hydrogen) atoms. The summed E-state index contributed by atoms with van der Waals surface area (Å²) in [5.41, 5.74) is 3.36. The van der Waals surface area contributed by atoms with Crippen molar-refractivity contribution in [3.05, 3.63) is 60.2 Å². The van der Waals surface area contributed by atoms with Crippen LogP contribution in [0.5, 0.6) is 0 Å². The minimum Gasteiger partial charge on any atom is -0.382 e. The third kappa shape index (κ3) is 3.22. The third-order valence-corrected chi connectivity index (χ3v) is 3.96. The number of carbonyl (C=O) groups excluding carboxylic acids is 1. The van der Waals surface area contributed by atoms with Crippen LogP contribution in [0.4, 0.5) is 11.4 Å². The number of benzene rings is 2. The Kier molecular flexibility index (Phi) is 4.28. The molecule has 4 nitrogen and oxygen atoms in total. The molecule has 0 aromatic heterocycles. The summed E-state index contributed by atoms with van der Waals surface area (Å²) in [7, 11) is 1.86. The van der Waals surface area contributed by atoms with Gasteiger partial charge in [0.05, 0.1) is 17.9 Å². The van der Waals surface area contributed by atoms with Crippen molar-refractivity contribution < 1.29 is 4.79 Å². The first-order valence-corrected chi connectivity index (χ1v) is 7.60. The molecule has 0 fully saturated rings. The molecule has 1 aliphatic heterocycles. The molecule has 114 valence electrons. The van der Waals surface area contributed by atoms with Crippen molar-refractivity contribution in [1.29, 1.82) is 0 Å². The summed E-state index contributed by atoms with van der Waals surface area (Å²) >= 11 is 0. The van der Waals surface area contributed by atoms with Gasteiger partial charge >= 0.3 is 0 Å². The predicted molar refractivity (Wildman–Crippen MR) is 90.1 cm³/mol. The van der Waals surface area contributed by atoms with Gasteiger partial charge in [0.1, 0.15) is 0 Å². The fraction of sp³-hybridized carbons (Fsp3) is 0.278. The van der Waals surface area contributed by atoms with E-state index in [1.54, 1.807) is 4.90 Å². The highest BCUT2D eigenvalue weighted by atomic mass is 16.2. The second-order valence-corrected chi connectivity index (χ2v) is 5.60. The topological polar surface area (TPSA) is 35.6 Å². The minimum atomic E-state index is 0.139. The molecule has 0 spiro atoms. The molecule has 0 unspecified atom stereocenters. The summed E-state index contributed by atoms with van der Waals surface area (Å²) in [5, 5.41) is 3.37. The zero-order valence-electron chi connectivity index (χ0n) is 12.8. The van der Waals surface area contributed by atoms with Gasteiger partial charge in [-0.2, -0.15) is 0 Å². The van der Waals surface area contributed by atoms with Crippen molar-refractivity contribution in [2.24, 2.45) is 0 Å². The maximum absolute atomic E-state index is 12.5. The zero-order chi connectivity index (χ0) is 15.4. The number of hydrogen-bond donors (Lipinski definition) is 1. The highest BCUT2D eigenvalue weighted by molar-refractivity contribution is 5.84. The molecule has 1 amide bonds. The van der Waals surface area contributed by atoms with Crippen molar-refractivity contribution in [3.63, 3.8) is 0 Å². The van der Waals surface area contributed by atoms with Crippen LogP contribution in [-0.2, 0) is 11.3 Å². The van der Waals surface area contributed by atoms with Crippen molar-refractivity contribution >= 4 is 17.3 Å². The summed E-state index contributed by atoms with van der Waals surface area (Å²) in [6.07, 6.45) is 0. The third-order valence-electron chi connectivity index (χ3n) is 3.96. The number of amides is 1. The van der Waals surface area contributed by atoms with E-state index >= 15 is 0 Å². The molecule has 1 heterocycles. The lowest BCUT2D eigenvalue weighted by atomic mass is 10.2. The van der Waals surface area contributed by atoms with Crippen molar-refractivity contribution in [2.75, 3.05) is 36.9 Å². The Hall–Kier alpha value is -2.49. The largest absolute Gasteiger partial charge is 0.382 e. The van der Waals surface area contributed by atoms with Crippen LogP contribution in [0.1, 0.15) is 5.56 Å². The first-order valence-electron chi connectivity index (χ1n) is 7.60. The van der Waals surface area contributed by atoms with Gasteiger partial charge in [-0.25, -0.2) is 0 Å². The number of fused-ring (bicyclic) bond motifs is 1. The van der Waals surface area contributed by atoms with Gasteiger partial charge in [-0.3, -0.25) is 4.79 Å². The maximum atomic E-state index is 12.5. The minimum absolute atomic E-state index is 0.139. The summed E-state index contributed by atoms with van der Waals surface area (Å²) < 4.78 is 0. The van der Waals surface area contributed by atoms with Gasteiger partial charge in [-0.15, -0.1) is 0 Å². The number of rotatable bonds is 4. The van der Waals surface area contributed by atoms with Crippen LogP contribution >= 0.6 is 0 Å². The van der Waals surface area contributed by atoms with Gasteiger partial charge < -0.3 is 15.1 Å². The standard InChI is InChI=1S/C18H21N3O/c1-20(13-15-7-3-2-4-8-15)18(22)14-21-12-11-19-16-9-5-6-10-17(16)21/h2-10,19H,11-14H2,1H3. The molecule has 1 aliphatic rings. The maximum Gasteiger partial charge on any atom is 0.242 e. The van der Waals surface area contributed by atoms with E-state index in [4.69, 9.17) is 0 Å². The van der Waals surface area contributed by atoms with Crippen LogP contribution in [0.25, 0.3) is 0 Å². The first kappa shape index (κ1) is 14.4. The van der Waals surface area contributed by atoms with Gasteiger partial charge in [-0.1, -0.05) is 42.5 Å². The van der Waals surface area contributed by atoms with E-state index in [0.29, 0.717) is 13.1 Å². The number of para-hydroxylation sites is 2. The van der Waals surface area contributed by atoms with Crippen LogP contribution in [-0.4, -0.2) is 37.5 Å². The van der Waals surface area contributed by atoms with Crippen LogP contribution in [0.15, 0.2) is 54.6 Å². The van der Waals surface area contributed by atoms with Gasteiger partial charge in [0.2, 0.25) is 5.91 Å². The van der Waals surface area contributed by atoms with E-state index in [-0.39, 0.29) is 5.91 Å². The van der Waals surface area contributed by atoms with E-state index in [1.165, 1.54) is 0 Å². The Morgan fingerprint density at radius 2 is 1.86 bits per heavy atom. The molecule has 0 atom stereocenters. The van der Waals surface area contributed by atoms with Crippen molar-refractivity contribution in [1.82, 2.24) is 4.90 Å². The van der Waals surface area contributed by atoms with Crippen molar-refractivity contribution in [3.8, 4) is 0 Å². The molecule has 0 bridgehead atoms. The van der Waals surface area contributed by atoms with Crippen LogP contribution in [0.3, 0.4) is 0 Å². The average molecular weight is 295 g/mol. The second-order valence-electron chi connectivity index (χ2n) is 5.60. The van der Waals surface area contributed by atoms with Crippen molar-refractivity contribution in [2.45, 2.75) is 6.54 Å². The monoisotopic (exact) mass is 295 g/mol. The van der Waals surface area contributed by atoms with Gasteiger partial charge in [-0.05, 0) is 17.7 Å². The van der Waals surface area contributed by atoms with Gasteiger partial charge in [0, 0.05) is 26.7 Å². The molecule has 0 aliphatic carbocycles. The molecule has 2 aromatic rings. The summed E-state index contributed by atoms with van der Waals surface area (Å²) in [6, 6.07) is 18.2. The number of carbonyl (C=O) groups is 1. The number of nitrogens with one attached hydrogen (secondary N) is 1. The normalized spacial score (nSPS) is 13.2. The molecule has 0 saturated heterocycles. The molecule has 0 radical (unpaired) electrons. The average Bonchev–Trinajstić information content (AvgIpc) is 2.56. The molecule has 3 rings (SSSR count). The number of likely N-dealkylation sites (N-methyl/N-ethyl adjacent to an activating group) is 1. The van der Waals surface area contributed by atoms with E-state index < -0.39 is 0 Å². The SMILES string of the molecule is CN(Cc1ccccc1)C(=O)CN1CCNc2ccccc21. The Morgan fingerprint density at radius 3 is 2.68 bits per heavy atom. The quantitative estimate of drug-likeness (QED) is 0.941. The summed E-state index contributed by atoms with van der Waals surface area (Å²) in [4.78, 5) is 16.4. The van der Waals surface area contributed by atoms with E-state index in [1.807, 2.05) is 49.5 Å². The number of nitrogens with zero attached hydrogens (tertiary/aromatic N) is 2. The second kappa shape index (κ2) is 6.52. The first-order chi connectivity index (χ1) is 10.7. The highest BCUT2D eigenvalue weighted by Crippen LogP contribution is 2.28. The van der Waals surface area contributed by atoms with Crippen LogP contribution < -0.4 is 10.2 Å². The molecule has 4 heteroatoms. The Labute approximate surface area is 131 Å². The molecular formula is C18H21N3O. The Morgan fingerprint density at radius 1 is 1.14 bits per heavy atom. The lowest BCUT2D eigenvalue weighted by Crippen LogP contribution is -2.42. The zero-order valence-corrected chi connectivity index (χ0v) is 12.8. The summed E-state index contributed by atoms with van der Waals surface area (Å²) in [5.74, 6) is 0.139. The van der Waals surface area contributed by atoms with E-state index in [0.717, 1.165) is 30.0 Å². The van der Waals surface area contributed by atoms with E-state index in [2.05, 4.69) is 22.3 Å². The van der Waals surface area contributed by atoms with Gasteiger partial charge in [0.25, 0.3) is 0 Å². The molecule has 1 N–H and O–H groups in total. The Balaban J connectivity index is 1.65. The van der Waals surface area contributed by atoms with Gasteiger partial charge in [0.15, 0.2) is 0 Å².